The minimum absolute atomic E-state index is 0.109. The van der Waals surface area contributed by atoms with Crippen LogP contribution < -0.4 is 0 Å². The zero-order valence-electron chi connectivity index (χ0n) is 67.5. The van der Waals surface area contributed by atoms with Crippen LogP contribution in [0.25, 0.3) is 0 Å². The van der Waals surface area contributed by atoms with Gasteiger partial charge in [-0.1, -0.05) is 401 Å². The molecule has 0 saturated carbocycles. The van der Waals surface area contributed by atoms with Crippen LogP contribution in [0.15, 0.2) is 0 Å². The molecule has 0 spiro atoms. The topological polar surface area (TPSA) is 237 Å². The number of aliphatic hydroxyl groups is 1. The number of phosphoric ester groups is 2. The van der Waals surface area contributed by atoms with Gasteiger partial charge in [-0.3, -0.25) is 37.3 Å². The van der Waals surface area contributed by atoms with Gasteiger partial charge >= 0.3 is 39.5 Å². The highest BCUT2D eigenvalue weighted by Crippen LogP contribution is 2.45. The molecular weight excluding hydrogens is 1340 g/mol. The van der Waals surface area contributed by atoms with Gasteiger partial charge in [0.25, 0.3) is 0 Å². The van der Waals surface area contributed by atoms with Crippen LogP contribution in [0.3, 0.4) is 0 Å². The van der Waals surface area contributed by atoms with Gasteiger partial charge in [0.15, 0.2) is 12.2 Å². The van der Waals surface area contributed by atoms with Gasteiger partial charge in [-0.05, 0) is 31.6 Å². The Labute approximate surface area is 632 Å². The Bertz CT molecular complexity index is 1960. The third kappa shape index (κ3) is 78.0. The molecule has 0 aliphatic rings. The molecule has 0 aromatic heterocycles. The third-order valence-electron chi connectivity index (χ3n) is 19.8. The van der Waals surface area contributed by atoms with Crippen LogP contribution in [0, 0.1) is 5.92 Å². The molecule has 19 heteroatoms. The van der Waals surface area contributed by atoms with E-state index in [-0.39, 0.29) is 25.7 Å². The minimum atomic E-state index is -4.96. The van der Waals surface area contributed by atoms with Crippen molar-refractivity contribution in [2.75, 3.05) is 39.6 Å². The van der Waals surface area contributed by atoms with Crippen molar-refractivity contribution in [1.29, 1.82) is 0 Å². The lowest BCUT2D eigenvalue weighted by Crippen LogP contribution is -2.30. The van der Waals surface area contributed by atoms with Gasteiger partial charge < -0.3 is 33.8 Å². The summed E-state index contributed by atoms with van der Waals surface area (Å²) in [7, 11) is -9.92. The zero-order valence-corrected chi connectivity index (χ0v) is 69.3. The highest BCUT2D eigenvalue weighted by molar-refractivity contribution is 7.47. The number of aliphatic hydroxyl groups excluding tert-OH is 1. The van der Waals surface area contributed by atoms with Crippen molar-refractivity contribution in [3.8, 4) is 0 Å². The molecule has 0 heterocycles. The molecule has 0 aliphatic heterocycles. The summed E-state index contributed by atoms with van der Waals surface area (Å²) in [5.74, 6) is -1.29. The molecule has 0 radical (unpaired) electrons. The highest BCUT2D eigenvalue weighted by Gasteiger charge is 2.30. The second-order valence-electron chi connectivity index (χ2n) is 30.7. The molecule has 0 bridgehead atoms. The van der Waals surface area contributed by atoms with E-state index < -0.39 is 97.5 Å². The molecule has 0 amide bonds. The smallest absolute Gasteiger partial charge is 0.462 e. The average molecular weight is 1510 g/mol. The maximum atomic E-state index is 13.1. The molecular formula is C84H164O17P2. The number of esters is 4. The molecule has 5 atom stereocenters. The number of unbranched alkanes of at least 4 members (excludes halogenated alkanes) is 56. The number of phosphoric acid groups is 2. The van der Waals surface area contributed by atoms with Gasteiger partial charge in [-0.15, -0.1) is 0 Å². The van der Waals surface area contributed by atoms with E-state index in [0.717, 1.165) is 95.8 Å². The largest absolute Gasteiger partial charge is 0.472 e. The van der Waals surface area contributed by atoms with E-state index in [1.807, 2.05) is 0 Å². The fraction of sp³-hybridized carbons (Fsp3) is 0.952. The Kier molecular flexibility index (Phi) is 75.4. The number of hydrogen-bond acceptors (Lipinski definition) is 15. The first-order valence-corrected chi connectivity index (χ1v) is 46.6. The summed E-state index contributed by atoms with van der Waals surface area (Å²) in [6.07, 6.45) is 69.4. The lowest BCUT2D eigenvalue weighted by atomic mass is 10.0. The van der Waals surface area contributed by atoms with Crippen LogP contribution in [-0.4, -0.2) is 96.7 Å². The number of hydrogen-bond donors (Lipinski definition) is 3. The quantitative estimate of drug-likeness (QED) is 0.0222. The Morgan fingerprint density at radius 2 is 0.447 bits per heavy atom. The van der Waals surface area contributed by atoms with Crippen LogP contribution in [0.1, 0.15) is 452 Å². The monoisotopic (exact) mass is 1510 g/mol. The lowest BCUT2D eigenvalue weighted by molar-refractivity contribution is -0.161. The molecule has 17 nitrogen and oxygen atoms in total. The van der Waals surface area contributed by atoms with Crippen LogP contribution in [-0.2, 0) is 65.4 Å². The van der Waals surface area contributed by atoms with Crippen molar-refractivity contribution < 1.29 is 80.2 Å². The Balaban J connectivity index is 5.22. The minimum Gasteiger partial charge on any atom is -0.462 e. The molecule has 0 aliphatic carbocycles. The summed E-state index contributed by atoms with van der Waals surface area (Å²) in [5.41, 5.74) is 0. The van der Waals surface area contributed by atoms with Gasteiger partial charge in [0.2, 0.25) is 0 Å². The number of rotatable bonds is 84. The van der Waals surface area contributed by atoms with Gasteiger partial charge in [-0.2, -0.15) is 0 Å². The standard InChI is InChI=1S/C84H164O17P2/c1-6-9-12-15-18-21-24-26-28-29-30-31-32-37-41-45-50-55-60-65-70-84(89)101-80(74-95-82(87)68-63-58-53-48-43-40-36-34-33-35-38-42-46-51-56-61-66-77(4)5)76-99-103(92,93)97-72-78(85)71-96-102(90,91)98-75-79(73-94-81(86)67-62-57-52-47-23-20-17-14-11-8-3)100-83(88)69-64-59-54-49-44-39-27-25-22-19-16-13-10-7-2/h77-80,85H,6-76H2,1-5H3,(H,90,91)(H,92,93)/t78-,79+,80+/m0/s1. The van der Waals surface area contributed by atoms with Crippen molar-refractivity contribution in [2.24, 2.45) is 5.92 Å². The van der Waals surface area contributed by atoms with Gasteiger partial charge in [0.1, 0.15) is 19.3 Å². The van der Waals surface area contributed by atoms with Crippen molar-refractivity contribution in [3.63, 3.8) is 0 Å². The number of carbonyl (C=O) groups is 4. The van der Waals surface area contributed by atoms with Crippen molar-refractivity contribution in [2.45, 2.75) is 470 Å². The van der Waals surface area contributed by atoms with Gasteiger partial charge in [0.05, 0.1) is 26.4 Å². The molecule has 612 valence electrons. The zero-order chi connectivity index (χ0) is 75.5. The Hall–Kier alpha value is -1.94. The first kappa shape index (κ1) is 101. The first-order chi connectivity index (χ1) is 50.0. The summed E-state index contributed by atoms with van der Waals surface area (Å²) in [6.45, 7) is 7.38. The van der Waals surface area contributed by atoms with Crippen molar-refractivity contribution in [1.82, 2.24) is 0 Å². The van der Waals surface area contributed by atoms with E-state index in [0.29, 0.717) is 25.7 Å². The van der Waals surface area contributed by atoms with E-state index in [1.165, 1.54) is 276 Å². The number of carbonyl (C=O) groups excluding carboxylic acids is 4. The van der Waals surface area contributed by atoms with E-state index in [2.05, 4.69) is 34.6 Å². The molecule has 2 unspecified atom stereocenters. The SMILES string of the molecule is CCCCCCCCCCCCCCCCCCCCCCC(=O)O[C@H](COC(=O)CCCCCCCCCCCCCCCCCCC(C)C)COP(=O)(O)OC[C@@H](O)COP(=O)(O)OC[C@@H](COC(=O)CCCCCCCCCCCC)OC(=O)CCCCCCCCCCCCCCCC. The van der Waals surface area contributed by atoms with Crippen LogP contribution in [0.5, 0.6) is 0 Å². The molecule has 103 heavy (non-hydrogen) atoms. The van der Waals surface area contributed by atoms with E-state index >= 15 is 0 Å². The second kappa shape index (κ2) is 76.8. The Morgan fingerprint density at radius 3 is 0.660 bits per heavy atom. The lowest BCUT2D eigenvalue weighted by Gasteiger charge is -2.21. The summed E-state index contributed by atoms with van der Waals surface area (Å²) in [6, 6.07) is 0. The first-order valence-electron chi connectivity index (χ1n) is 43.6. The summed E-state index contributed by atoms with van der Waals surface area (Å²) < 4.78 is 68.8. The van der Waals surface area contributed by atoms with Crippen LogP contribution in [0.2, 0.25) is 0 Å². The predicted octanol–water partition coefficient (Wildman–Crippen LogP) is 25.6. The molecule has 3 N–H and O–H groups in total. The molecule has 0 fully saturated rings. The fourth-order valence-electron chi connectivity index (χ4n) is 13.1. The highest BCUT2D eigenvalue weighted by atomic mass is 31.2. The molecule has 0 rings (SSSR count). The van der Waals surface area contributed by atoms with Gasteiger partial charge in [-0.25, -0.2) is 9.13 Å². The Morgan fingerprint density at radius 1 is 0.262 bits per heavy atom. The van der Waals surface area contributed by atoms with E-state index in [1.54, 1.807) is 0 Å². The van der Waals surface area contributed by atoms with E-state index in [4.69, 9.17) is 37.0 Å². The predicted molar refractivity (Wildman–Crippen MR) is 423 cm³/mol. The maximum absolute atomic E-state index is 13.1. The average Bonchev–Trinajstić information content (AvgIpc) is 0.915. The molecule has 0 aromatic rings. The third-order valence-corrected chi connectivity index (χ3v) is 21.7. The molecule has 0 saturated heterocycles. The molecule has 0 aromatic carbocycles. The van der Waals surface area contributed by atoms with Crippen LogP contribution in [0.4, 0.5) is 0 Å². The van der Waals surface area contributed by atoms with E-state index in [9.17, 15) is 43.2 Å². The van der Waals surface area contributed by atoms with Crippen molar-refractivity contribution >= 4 is 39.5 Å². The fourth-order valence-corrected chi connectivity index (χ4v) is 14.7. The van der Waals surface area contributed by atoms with Gasteiger partial charge in [0, 0.05) is 25.7 Å². The number of ether oxygens (including phenoxy) is 4. The van der Waals surface area contributed by atoms with Crippen LogP contribution >= 0.6 is 15.6 Å². The summed E-state index contributed by atoms with van der Waals surface area (Å²) in [5, 5.41) is 10.7. The van der Waals surface area contributed by atoms with Crippen molar-refractivity contribution in [3.05, 3.63) is 0 Å². The summed E-state index contributed by atoms with van der Waals surface area (Å²) >= 11 is 0. The normalized spacial score (nSPS) is 13.8. The summed E-state index contributed by atoms with van der Waals surface area (Å²) in [4.78, 5) is 73.1. The maximum Gasteiger partial charge on any atom is 0.472 e. The second-order valence-corrected chi connectivity index (χ2v) is 33.6.